The summed E-state index contributed by atoms with van der Waals surface area (Å²) in [7, 11) is 0. The molecule has 6 rings (SSSR count). The molecule has 11 nitrogen and oxygen atoms in total. The number of carbonyl (C=O) groups is 4. The number of imide groups is 2. The molecule has 13 heteroatoms. The predicted octanol–water partition coefficient (Wildman–Crippen LogP) is 1.67. The van der Waals surface area contributed by atoms with Crippen molar-refractivity contribution >= 4 is 36.3 Å². The predicted molar refractivity (Wildman–Crippen MR) is 187 cm³/mol. The van der Waals surface area contributed by atoms with Gasteiger partial charge in [-0.2, -0.15) is 0 Å². The van der Waals surface area contributed by atoms with E-state index in [0.29, 0.717) is 51.9 Å². The Balaban J connectivity index is 0.000000321. The fourth-order valence-electron chi connectivity index (χ4n) is 8.05. The van der Waals surface area contributed by atoms with E-state index in [4.69, 9.17) is 0 Å². The van der Waals surface area contributed by atoms with Crippen LogP contribution in [0.5, 0.6) is 0 Å². The second kappa shape index (κ2) is 17.6. The Morgan fingerprint density at radius 3 is 1.12 bits per heavy atom. The zero-order chi connectivity index (χ0) is 33.2. The number of amides is 6. The van der Waals surface area contributed by atoms with E-state index in [2.05, 4.69) is 47.0 Å². The van der Waals surface area contributed by atoms with E-state index >= 15 is 0 Å². The second-order valence-electron chi connectivity index (χ2n) is 13.4. The molecule has 0 aliphatic carbocycles. The van der Waals surface area contributed by atoms with Crippen molar-refractivity contribution in [1.29, 1.82) is 0 Å². The monoisotopic (exact) mass is 706 g/mol. The second-order valence-corrected chi connectivity index (χ2v) is 13.4. The first-order chi connectivity index (χ1) is 22.0. The van der Waals surface area contributed by atoms with E-state index in [1.165, 1.54) is 9.80 Å². The van der Waals surface area contributed by atoms with Gasteiger partial charge in [-0.15, -0.1) is 12.4 Å². The zero-order valence-corrected chi connectivity index (χ0v) is 33.0. The normalized spacial score (nSPS) is 19.4. The van der Waals surface area contributed by atoms with Crippen molar-refractivity contribution < 1.29 is 54.2 Å². The molecule has 2 spiro atoms. The molecule has 3 N–H and O–H groups in total. The maximum Gasteiger partial charge on any atom is 1.00 e. The Bertz CT molecular complexity index is 1360. The summed E-state index contributed by atoms with van der Waals surface area (Å²) in [6.45, 7) is 17.1. The molecule has 4 aliphatic rings. The Hall–Kier alpha value is -2.51. The minimum absolute atomic E-state index is 0. The van der Waals surface area contributed by atoms with E-state index in [1.54, 1.807) is 9.80 Å². The van der Waals surface area contributed by atoms with Crippen LogP contribution in [0.1, 0.15) is 72.9 Å². The third-order valence-corrected chi connectivity index (χ3v) is 9.98. The van der Waals surface area contributed by atoms with Crippen LogP contribution in [0.25, 0.3) is 0 Å². The first-order valence-electron chi connectivity index (χ1n) is 16.8. The molecule has 0 aromatic heterocycles. The molecule has 2 aromatic carbocycles. The van der Waals surface area contributed by atoms with Gasteiger partial charge in [0.2, 0.25) is 0 Å². The number of nitrogens with zero attached hydrogens (tertiary/aromatic N) is 4. The van der Waals surface area contributed by atoms with Gasteiger partial charge in [-0.25, -0.2) is 9.59 Å². The van der Waals surface area contributed by atoms with Crippen LogP contribution in [-0.4, -0.2) is 99.3 Å². The topological polar surface area (TPSA) is 135 Å². The molecule has 2 aromatic rings. The van der Waals surface area contributed by atoms with Crippen molar-refractivity contribution in [2.24, 2.45) is 0 Å². The summed E-state index contributed by atoms with van der Waals surface area (Å²) in [6, 6.07) is 12.1. The molecule has 264 valence electrons. The molecule has 0 unspecified atom stereocenters. The molecule has 0 saturated carbocycles. The number of aryl methyl sites for hydroxylation is 4. The molecule has 6 amide bonds. The van der Waals surface area contributed by atoms with Gasteiger partial charge < -0.3 is 25.9 Å². The van der Waals surface area contributed by atoms with Gasteiger partial charge >= 0.3 is 41.6 Å². The molecule has 0 bridgehead atoms. The van der Waals surface area contributed by atoms with Crippen LogP contribution in [0, 0.1) is 27.7 Å². The maximum absolute atomic E-state index is 13.1. The number of urea groups is 2. The van der Waals surface area contributed by atoms with Gasteiger partial charge in [0.15, 0.2) is 0 Å². The summed E-state index contributed by atoms with van der Waals surface area (Å²) >= 11 is 0. The van der Waals surface area contributed by atoms with Crippen molar-refractivity contribution in [3.05, 3.63) is 69.8 Å². The molecule has 4 heterocycles. The summed E-state index contributed by atoms with van der Waals surface area (Å²) in [5.74, 6) is -0.0463. The number of hydrogen-bond acceptors (Lipinski definition) is 7. The summed E-state index contributed by atoms with van der Waals surface area (Å²) in [5.41, 5.74) is 5.40. The minimum atomic E-state index is -0.629. The average Bonchev–Trinajstić information content (AvgIpc) is 3.31. The number of rotatable bonds is 6. The van der Waals surface area contributed by atoms with Gasteiger partial charge in [-0.3, -0.25) is 19.4 Å². The Morgan fingerprint density at radius 1 is 0.571 bits per heavy atom. The third kappa shape index (κ3) is 8.35. The van der Waals surface area contributed by atoms with E-state index < -0.39 is 11.1 Å². The third-order valence-electron chi connectivity index (χ3n) is 9.98. The number of benzene rings is 2. The quantitative estimate of drug-likeness (QED) is 0.345. The van der Waals surface area contributed by atoms with Gasteiger partial charge in [0.05, 0.1) is 13.1 Å². The SMILES string of the molecule is CCN1C(=O)N(Cc2cc(C)cc(C)c2)C(=O)C12CCNCC2.CCN1C(=O)N(Cc2cc(C)cc(C)c2)C(=O)C12CCNCC2.Cl.[Na+].[OH-]. The zero-order valence-electron chi connectivity index (χ0n) is 30.2. The molecular weight excluding hydrogens is 655 g/mol. The van der Waals surface area contributed by atoms with Crippen LogP contribution >= 0.6 is 12.4 Å². The minimum Gasteiger partial charge on any atom is -0.870 e. The van der Waals surface area contributed by atoms with E-state index in [0.717, 1.165) is 59.6 Å². The number of piperidine rings is 2. The molecule has 49 heavy (non-hydrogen) atoms. The molecule has 4 fully saturated rings. The number of nitrogens with one attached hydrogen (secondary N) is 2. The fourth-order valence-corrected chi connectivity index (χ4v) is 8.05. The summed E-state index contributed by atoms with van der Waals surface area (Å²) < 4.78 is 0. The van der Waals surface area contributed by atoms with Crippen LogP contribution in [-0.2, 0) is 22.7 Å². The van der Waals surface area contributed by atoms with Crippen molar-refractivity contribution in [2.45, 2.75) is 91.4 Å². The number of carbonyl (C=O) groups excluding carboxylic acids is 4. The van der Waals surface area contributed by atoms with Crippen LogP contribution in [0.3, 0.4) is 0 Å². The summed E-state index contributed by atoms with van der Waals surface area (Å²) in [4.78, 5) is 58.2. The van der Waals surface area contributed by atoms with Crippen molar-refractivity contribution in [3.8, 4) is 0 Å². The molecule has 4 aliphatic heterocycles. The fraction of sp³-hybridized carbons (Fsp3) is 0.556. The number of hydrogen-bond donors (Lipinski definition) is 2. The van der Waals surface area contributed by atoms with E-state index in [9.17, 15) is 19.2 Å². The van der Waals surface area contributed by atoms with Crippen molar-refractivity contribution in [2.75, 3.05) is 39.3 Å². The standard InChI is InChI=1S/2C18H25N3O2.ClH.Na.H2O/c2*1-4-21-17(23)20(12-15-10-13(2)9-14(3)11-15)16(22)18(21)5-7-19-8-6-18;;;/h2*9-11,19H,4-8,12H2,1-3H3;1H;;1H2/q;;;+1;/p-1. The van der Waals surface area contributed by atoms with Crippen molar-refractivity contribution in [1.82, 2.24) is 30.2 Å². The molecule has 0 radical (unpaired) electrons. The molecule has 0 atom stereocenters. The van der Waals surface area contributed by atoms with Crippen LogP contribution in [0.15, 0.2) is 36.4 Å². The maximum atomic E-state index is 13.1. The van der Waals surface area contributed by atoms with Gasteiger partial charge in [-0.1, -0.05) is 58.7 Å². The Labute approximate surface area is 319 Å². The number of likely N-dealkylation sites (N-methyl/N-ethyl adjacent to an activating group) is 2. The van der Waals surface area contributed by atoms with Crippen molar-refractivity contribution in [3.63, 3.8) is 0 Å². The van der Waals surface area contributed by atoms with Gasteiger partial charge in [0.1, 0.15) is 11.1 Å². The van der Waals surface area contributed by atoms with Gasteiger partial charge in [0.25, 0.3) is 11.8 Å². The van der Waals surface area contributed by atoms with E-state index in [1.807, 2.05) is 41.5 Å². The summed E-state index contributed by atoms with van der Waals surface area (Å²) in [6.07, 6.45) is 2.81. The Morgan fingerprint density at radius 2 is 0.857 bits per heavy atom. The smallest absolute Gasteiger partial charge is 0.870 e. The van der Waals surface area contributed by atoms with Gasteiger partial charge in [0, 0.05) is 13.1 Å². The molecule has 4 saturated heterocycles. The van der Waals surface area contributed by atoms with Gasteiger partial charge in [-0.05, 0) is 105 Å². The first kappa shape index (κ1) is 42.7. The van der Waals surface area contributed by atoms with Crippen LogP contribution < -0.4 is 40.2 Å². The Kier molecular flexibility index (Phi) is 15.3. The number of halogens is 1. The van der Waals surface area contributed by atoms with E-state index in [-0.39, 0.29) is 71.3 Å². The molecular formula is C36H52ClN6NaO5. The largest absolute Gasteiger partial charge is 1.00 e. The van der Waals surface area contributed by atoms with Crippen LogP contribution in [0.4, 0.5) is 9.59 Å². The van der Waals surface area contributed by atoms with Crippen LogP contribution in [0.2, 0.25) is 0 Å². The first-order valence-corrected chi connectivity index (χ1v) is 16.8. The average molecular weight is 707 g/mol. The summed E-state index contributed by atoms with van der Waals surface area (Å²) in [5, 5.41) is 6.57.